The molecule has 0 atom stereocenters. The first-order valence-corrected chi connectivity index (χ1v) is 12.4. The fourth-order valence-corrected chi connectivity index (χ4v) is 7.39. The Hall–Kier alpha value is -1.18. The monoisotopic (exact) mass is 360 g/mol. The number of methoxy groups -OCH3 is 1. The lowest BCUT2D eigenvalue weighted by Crippen LogP contribution is -2.31. The number of hydrogen-bond acceptors (Lipinski definition) is 4. The van der Waals surface area contributed by atoms with E-state index in [1.165, 1.54) is 0 Å². The Kier molecular flexibility index (Phi) is 6.56. The quantitative estimate of drug-likeness (QED) is 0.577. The molecule has 5 nitrogen and oxygen atoms in total. The van der Waals surface area contributed by atoms with Crippen molar-refractivity contribution in [2.75, 3.05) is 12.9 Å². The van der Waals surface area contributed by atoms with Gasteiger partial charge in [0.2, 0.25) is 9.04 Å². The van der Waals surface area contributed by atoms with Gasteiger partial charge in [-0.1, -0.05) is 32.9 Å². The molecule has 1 aromatic carbocycles. The molecular weight excluding hydrogens is 332 g/mol. The number of ether oxygens (including phenoxy) is 1. The van der Waals surface area contributed by atoms with E-state index in [0.717, 1.165) is 16.9 Å². The van der Waals surface area contributed by atoms with E-state index in [1.54, 1.807) is 7.11 Å². The summed E-state index contributed by atoms with van der Waals surface area (Å²) in [5, 5.41) is 9.05. The van der Waals surface area contributed by atoms with Crippen LogP contribution in [0.15, 0.2) is 18.2 Å². The van der Waals surface area contributed by atoms with Crippen LogP contribution in [-0.2, 0) is 30.0 Å². The molecule has 0 heterocycles. The number of carboxylic acid groups (broad SMARTS) is 1. The first kappa shape index (κ1) is 19.9. The zero-order valence-electron chi connectivity index (χ0n) is 14.8. The van der Waals surface area contributed by atoms with Gasteiger partial charge < -0.3 is 13.7 Å². The van der Waals surface area contributed by atoms with Crippen molar-refractivity contribution < 1.29 is 22.7 Å². The van der Waals surface area contributed by atoms with Gasteiger partial charge in [0.05, 0.1) is 12.9 Å². The molecule has 0 saturated heterocycles. The molecule has 0 aromatic heterocycles. The first-order chi connectivity index (χ1) is 10.5. The van der Waals surface area contributed by atoms with Crippen LogP contribution < -0.4 is 4.74 Å². The van der Waals surface area contributed by atoms with Gasteiger partial charge in [0.15, 0.2) is 0 Å². The fourth-order valence-electron chi connectivity index (χ4n) is 2.44. The van der Waals surface area contributed by atoms with E-state index in [2.05, 4.69) is 20.8 Å². The summed E-state index contributed by atoms with van der Waals surface area (Å²) in [4.78, 5) is 11.1. The van der Waals surface area contributed by atoms with Crippen molar-refractivity contribution in [3.05, 3.63) is 29.3 Å². The summed E-state index contributed by atoms with van der Waals surface area (Å²) < 4.78 is 23.9. The Morgan fingerprint density at radius 3 is 2.35 bits per heavy atom. The van der Waals surface area contributed by atoms with E-state index in [4.69, 9.17) is 13.7 Å². The summed E-state index contributed by atoms with van der Waals surface area (Å²) in [5.41, 5.74) is 1.68. The minimum absolute atomic E-state index is 0.133. The summed E-state index contributed by atoms with van der Waals surface area (Å²) >= 11 is 0. The summed E-state index contributed by atoms with van der Waals surface area (Å²) in [5.74, 6) is -0.618. The van der Waals surface area contributed by atoms with E-state index in [-0.39, 0.29) is 11.2 Å². The number of aliphatic carboxylic acids is 1. The lowest BCUT2D eigenvalue weighted by molar-refractivity contribution is -0.134. The number of benzene rings is 1. The van der Waals surface area contributed by atoms with E-state index in [9.17, 15) is 9.00 Å². The van der Waals surface area contributed by atoms with Crippen molar-refractivity contribution in [3.63, 3.8) is 0 Å². The largest absolute Gasteiger partial charge is 0.496 e. The van der Waals surface area contributed by atoms with Crippen LogP contribution in [0.4, 0.5) is 0 Å². The third-order valence-electron chi connectivity index (χ3n) is 3.27. The van der Waals surface area contributed by atoms with Gasteiger partial charge in [-0.2, -0.15) is 10.2 Å². The third kappa shape index (κ3) is 6.08. The highest BCUT2D eigenvalue weighted by molar-refractivity contribution is 7.99. The number of hydrogen-bond donors (Lipinski definition) is 2. The van der Waals surface area contributed by atoms with E-state index >= 15 is 0 Å². The van der Waals surface area contributed by atoms with Crippen LogP contribution >= 0.6 is 0 Å². The van der Waals surface area contributed by atoms with Crippen LogP contribution in [0.3, 0.4) is 0 Å². The number of rotatable bonds is 7. The lowest BCUT2D eigenvalue weighted by atomic mass is 9.85. The van der Waals surface area contributed by atoms with Crippen LogP contribution in [0.25, 0.3) is 0 Å². The molecule has 0 aliphatic carbocycles. The Labute approximate surface area is 141 Å². The van der Waals surface area contributed by atoms with Gasteiger partial charge >= 0.3 is 5.97 Å². The second kappa shape index (κ2) is 7.59. The van der Waals surface area contributed by atoms with Crippen molar-refractivity contribution in [2.24, 2.45) is 0 Å². The van der Waals surface area contributed by atoms with Crippen molar-refractivity contribution in [2.45, 2.75) is 45.0 Å². The maximum atomic E-state index is 12.9. The smallest absolute Gasteiger partial charge is 0.321 e. The summed E-state index contributed by atoms with van der Waals surface area (Å²) in [7, 11) is -3.22. The van der Waals surface area contributed by atoms with Crippen molar-refractivity contribution in [1.29, 1.82) is 0 Å². The van der Waals surface area contributed by atoms with E-state index in [1.807, 2.05) is 31.3 Å². The Bertz CT molecular complexity index is 607. The van der Waals surface area contributed by atoms with Crippen LogP contribution in [0, 0.1) is 0 Å². The number of carbonyl (C=O) groups is 1. The molecule has 23 heavy (non-hydrogen) atoms. The topological polar surface area (TPSA) is 72.8 Å². The Morgan fingerprint density at radius 2 is 1.91 bits per heavy atom. The molecule has 0 aliphatic rings. The van der Waals surface area contributed by atoms with Crippen molar-refractivity contribution in [3.8, 4) is 5.75 Å². The number of carboxylic acids is 1. The Balaban J connectivity index is 3.19. The molecule has 0 unspecified atom stereocenters. The Morgan fingerprint density at radius 1 is 1.30 bits per heavy atom. The van der Waals surface area contributed by atoms with Gasteiger partial charge in [0.1, 0.15) is 11.5 Å². The molecule has 0 bridgehead atoms. The van der Waals surface area contributed by atoms with Crippen LogP contribution in [0.2, 0.25) is 13.1 Å². The molecule has 0 aliphatic heterocycles. The molecule has 7 heteroatoms. The maximum Gasteiger partial charge on any atom is 0.321 e. The summed E-state index contributed by atoms with van der Waals surface area (Å²) in [6, 6.07) is 5.61. The van der Waals surface area contributed by atoms with Gasteiger partial charge in [-0.15, -0.1) is 0 Å². The molecule has 1 rings (SSSR count). The number of thiol groups is 1. The summed E-state index contributed by atoms with van der Waals surface area (Å²) in [6.07, 6.45) is 0. The zero-order chi connectivity index (χ0) is 17.8. The van der Waals surface area contributed by atoms with E-state index in [0.29, 0.717) is 0 Å². The summed E-state index contributed by atoms with van der Waals surface area (Å²) in [6.45, 7) is 10.0. The van der Waals surface area contributed by atoms with Gasteiger partial charge in [0, 0.05) is 0 Å². The van der Waals surface area contributed by atoms with Gasteiger partial charge in [-0.25, -0.2) is 4.21 Å². The minimum atomic E-state index is -3.23. The van der Waals surface area contributed by atoms with Gasteiger partial charge in [-0.3, -0.25) is 4.79 Å². The molecule has 132 valence electrons. The highest BCUT2D eigenvalue weighted by atomic mass is 32.3. The molecule has 0 saturated carbocycles. The zero-order valence-corrected chi connectivity index (χ0v) is 16.8. The van der Waals surface area contributed by atoms with Crippen molar-refractivity contribution in [1.82, 2.24) is 0 Å². The maximum absolute atomic E-state index is 12.9. The standard InChI is InChI=1S/C16H28O5SSi/c1-16(2,3)13-9-12(7-8-14(13)20-4)10-22(19,11-15(17)18)21-23(5)6/h7-9,22-23H,10-11H2,1-6H3,(H,17,18). The van der Waals surface area contributed by atoms with Crippen LogP contribution in [0.5, 0.6) is 5.75 Å². The molecule has 1 aromatic rings. The van der Waals surface area contributed by atoms with E-state index < -0.39 is 31.0 Å². The highest BCUT2D eigenvalue weighted by Crippen LogP contribution is 2.33. The first-order valence-electron chi connectivity index (χ1n) is 7.62. The average Bonchev–Trinajstić information content (AvgIpc) is 2.35. The normalized spacial score (nSPS) is 13.2. The second-order valence-corrected chi connectivity index (χ2v) is 12.2. The molecule has 0 amide bonds. The molecular formula is C16H28O5SSi. The second-order valence-electron chi connectivity index (χ2n) is 6.96. The average molecular weight is 361 g/mol. The minimum Gasteiger partial charge on any atom is -0.496 e. The molecule has 1 N–H and O–H groups in total. The third-order valence-corrected chi connectivity index (χ3v) is 8.10. The SMILES string of the molecule is COc1ccc(C[SH](=O)(CC(=O)O)O[SiH](C)C)cc1C(C)(C)C. The predicted molar refractivity (Wildman–Crippen MR) is 97.4 cm³/mol. The van der Waals surface area contributed by atoms with Crippen LogP contribution in [-0.4, -0.2) is 37.2 Å². The van der Waals surface area contributed by atoms with Crippen LogP contribution in [0.1, 0.15) is 31.9 Å². The predicted octanol–water partition coefficient (Wildman–Crippen LogP) is 2.51. The molecule has 0 radical (unpaired) electrons. The lowest BCUT2D eigenvalue weighted by Gasteiger charge is -2.31. The van der Waals surface area contributed by atoms with Crippen molar-refractivity contribution >= 4 is 25.2 Å². The molecule has 0 fully saturated rings. The van der Waals surface area contributed by atoms with Gasteiger partial charge in [0.25, 0.3) is 0 Å². The fraction of sp³-hybridized carbons (Fsp3) is 0.562. The highest BCUT2D eigenvalue weighted by Gasteiger charge is 2.22. The van der Waals surface area contributed by atoms with Gasteiger partial charge in [-0.05, 0) is 35.7 Å². The molecule has 0 spiro atoms.